The van der Waals surface area contributed by atoms with Crippen LogP contribution in [0.3, 0.4) is 0 Å². The van der Waals surface area contributed by atoms with Gasteiger partial charge >= 0.3 is 0 Å². The number of furan rings is 1. The highest BCUT2D eigenvalue weighted by molar-refractivity contribution is 5.86. The van der Waals surface area contributed by atoms with Gasteiger partial charge in [-0.2, -0.15) is 0 Å². The van der Waals surface area contributed by atoms with Crippen molar-refractivity contribution in [3.05, 3.63) is 71.1 Å². The minimum atomic E-state index is -1.31. The van der Waals surface area contributed by atoms with Crippen LogP contribution in [0.4, 0.5) is 4.39 Å². The van der Waals surface area contributed by atoms with Crippen molar-refractivity contribution in [3.63, 3.8) is 0 Å². The van der Waals surface area contributed by atoms with E-state index in [9.17, 15) is 9.50 Å². The van der Waals surface area contributed by atoms with E-state index >= 15 is 0 Å². The lowest BCUT2D eigenvalue weighted by Crippen LogP contribution is -2.47. The quantitative estimate of drug-likeness (QED) is 0.471. The summed E-state index contributed by atoms with van der Waals surface area (Å²) in [5.41, 5.74) is 4.12. The number of nitrogens with one attached hydrogen (secondary N) is 1. The molecule has 0 radical (unpaired) electrons. The number of halogens is 1. The van der Waals surface area contributed by atoms with E-state index in [0.717, 1.165) is 34.2 Å². The van der Waals surface area contributed by atoms with E-state index in [1.807, 2.05) is 18.2 Å². The topological polar surface area (TPSA) is 52.4 Å². The number of rotatable bonds is 4. The van der Waals surface area contributed by atoms with Gasteiger partial charge in [0.2, 0.25) is 0 Å². The van der Waals surface area contributed by atoms with Gasteiger partial charge in [0.15, 0.2) is 0 Å². The van der Waals surface area contributed by atoms with Gasteiger partial charge in [0.25, 0.3) is 0 Å². The largest absolute Gasteiger partial charge is 0.459 e. The summed E-state index contributed by atoms with van der Waals surface area (Å²) in [5.74, 6) is 0.548. The number of aromatic amines is 1. The molecule has 1 aliphatic heterocycles. The summed E-state index contributed by atoms with van der Waals surface area (Å²) in [6, 6.07) is 16.5. The fraction of sp³-hybridized carbons (Fsp3) is 0.360. The highest BCUT2D eigenvalue weighted by atomic mass is 19.1. The lowest BCUT2D eigenvalue weighted by atomic mass is 9.87. The summed E-state index contributed by atoms with van der Waals surface area (Å²) in [6.07, 6.45) is 0.883. The number of nitrogens with zero attached hydrogens (tertiary/aromatic N) is 1. The Hall–Kier alpha value is -2.63. The van der Waals surface area contributed by atoms with Crippen molar-refractivity contribution in [2.45, 2.75) is 51.6 Å². The molecule has 0 bridgehead atoms. The number of benzene rings is 2. The maximum absolute atomic E-state index is 14.8. The summed E-state index contributed by atoms with van der Waals surface area (Å²) < 4.78 is 20.5. The van der Waals surface area contributed by atoms with Gasteiger partial charge in [-0.1, -0.05) is 24.3 Å². The molecule has 5 heteroatoms. The van der Waals surface area contributed by atoms with Gasteiger partial charge in [-0.3, -0.25) is 4.90 Å². The first-order valence-electron chi connectivity index (χ1n) is 10.5. The van der Waals surface area contributed by atoms with Crippen molar-refractivity contribution in [2.24, 2.45) is 0 Å². The molecule has 1 aliphatic rings. The Bertz CT molecular complexity index is 1220. The number of aliphatic hydroxyl groups is 1. The van der Waals surface area contributed by atoms with Gasteiger partial charge in [-0.05, 0) is 62.6 Å². The molecule has 2 aromatic carbocycles. The number of hydrogen-bond acceptors (Lipinski definition) is 3. The first-order chi connectivity index (χ1) is 14.3. The number of hydrogen-bond donors (Lipinski definition) is 2. The second-order valence-electron chi connectivity index (χ2n) is 9.08. The third kappa shape index (κ3) is 3.22. The van der Waals surface area contributed by atoms with Gasteiger partial charge in [-0.25, -0.2) is 4.39 Å². The molecule has 0 aliphatic carbocycles. The number of alkyl halides is 1. The first-order valence-corrected chi connectivity index (χ1v) is 10.5. The number of para-hydroxylation sites is 1. The van der Waals surface area contributed by atoms with E-state index in [-0.39, 0.29) is 18.7 Å². The van der Waals surface area contributed by atoms with Gasteiger partial charge in [0.05, 0.1) is 6.04 Å². The van der Waals surface area contributed by atoms with Crippen LogP contribution in [0.1, 0.15) is 49.4 Å². The van der Waals surface area contributed by atoms with Gasteiger partial charge in [-0.15, -0.1) is 0 Å². The smallest absolute Gasteiger partial charge is 0.134 e. The Morgan fingerprint density at radius 1 is 1.20 bits per heavy atom. The Morgan fingerprint density at radius 3 is 2.77 bits per heavy atom. The average molecular weight is 407 g/mol. The summed E-state index contributed by atoms with van der Waals surface area (Å²) in [4.78, 5) is 5.91. The van der Waals surface area contributed by atoms with E-state index in [4.69, 9.17) is 4.42 Å². The Labute approximate surface area is 175 Å². The lowest BCUT2D eigenvalue weighted by Gasteiger charge is -2.43. The highest BCUT2D eigenvalue weighted by Crippen LogP contribution is 2.42. The van der Waals surface area contributed by atoms with E-state index in [1.54, 1.807) is 13.8 Å². The molecule has 0 unspecified atom stereocenters. The van der Waals surface area contributed by atoms with Crippen molar-refractivity contribution in [3.8, 4) is 0 Å². The Balaban J connectivity index is 1.70. The maximum atomic E-state index is 14.8. The van der Waals surface area contributed by atoms with E-state index in [1.165, 1.54) is 10.9 Å². The van der Waals surface area contributed by atoms with Gasteiger partial charge < -0.3 is 14.5 Å². The monoisotopic (exact) mass is 406 g/mol. The van der Waals surface area contributed by atoms with Crippen molar-refractivity contribution < 1.29 is 13.9 Å². The molecule has 0 amide bonds. The van der Waals surface area contributed by atoms with Crippen LogP contribution in [-0.4, -0.2) is 33.2 Å². The van der Waals surface area contributed by atoms with Crippen LogP contribution in [0.2, 0.25) is 0 Å². The summed E-state index contributed by atoms with van der Waals surface area (Å²) in [5, 5.41) is 11.6. The number of fused-ring (bicyclic) bond motifs is 4. The van der Waals surface area contributed by atoms with E-state index in [0.29, 0.717) is 12.3 Å². The lowest BCUT2D eigenvalue weighted by molar-refractivity contribution is 0.0668. The second-order valence-corrected chi connectivity index (χ2v) is 9.08. The van der Waals surface area contributed by atoms with Crippen molar-refractivity contribution in [1.82, 2.24) is 9.88 Å². The molecule has 2 aromatic heterocycles. The number of H-pyrrole nitrogens is 1. The minimum Gasteiger partial charge on any atom is -0.459 e. The van der Waals surface area contributed by atoms with Gasteiger partial charge in [0.1, 0.15) is 23.6 Å². The van der Waals surface area contributed by atoms with Crippen molar-refractivity contribution in [2.75, 3.05) is 6.54 Å². The van der Waals surface area contributed by atoms with E-state index in [2.05, 4.69) is 47.1 Å². The second kappa shape index (κ2) is 6.96. The third-order valence-corrected chi connectivity index (χ3v) is 6.14. The normalized spacial score (nSPS) is 20.2. The third-order valence-electron chi connectivity index (χ3n) is 6.14. The number of aliphatic hydroxyl groups excluding tert-OH is 1. The van der Waals surface area contributed by atoms with Crippen molar-refractivity contribution >= 4 is 21.9 Å². The summed E-state index contributed by atoms with van der Waals surface area (Å²) >= 11 is 0. The number of aromatic nitrogens is 1. The molecule has 2 N–H and O–H groups in total. The molecule has 0 saturated carbocycles. The summed E-state index contributed by atoms with van der Waals surface area (Å²) in [6.45, 7) is 5.69. The maximum Gasteiger partial charge on any atom is 0.134 e. The van der Waals surface area contributed by atoms with Crippen LogP contribution in [0.25, 0.3) is 21.9 Å². The zero-order chi connectivity index (χ0) is 21.0. The van der Waals surface area contributed by atoms with Gasteiger partial charge in [0, 0.05) is 34.6 Å². The SMILES string of the molecule is C[C@@H]1Cc2c([nH]c3ccccc23)[C@@H](c2ccc3oc(CO)cc3c2)N1CC(C)(C)F. The standard InChI is InChI=1S/C25H27FN2O2/c1-15-10-20-19-6-4-5-7-21(19)27-23(20)24(28(15)14-25(2,3)26)16-8-9-22-17(11-16)12-18(13-29)30-22/h4-9,11-12,15,24,27,29H,10,13-14H2,1-3H3/t15-,24-/m1/s1. The molecular formula is C25H27FN2O2. The molecule has 0 fully saturated rings. The molecule has 0 saturated heterocycles. The van der Waals surface area contributed by atoms with Crippen LogP contribution >= 0.6 is 0 Å². The van der Waals surface area contributed by atoms with E-state index < -0.39 is 5.67 Å². The molecule has 2 atom stereocenters. The molecule has 4 nitrogen and oxygen atoms in total. The predicted molar refractivity (Wildman–Crippen MR) is 117 cm³/mol. The molecule has 30 heavy (non-hydrogen) atoms. The van der Waals surface area contributed by atoms with Crippen LogP contribution in [0, 0.1) is 0 Å². The molecule has 3 heterocycles. The summed E-state index contributed by atoms with van der Waals surface area (Å²) in [7, 11) is 0. The average Bonchev–Trinajstić information content (AvgIpc) is 3.28. The molecule has 4 aromatic rings. The van der Waals surface area contributed by atoms with Crippen LogP contribution < -0.4 is 0 Å². The highest BCUT2D eigenvalue weighted by Gasteiger charge is 2.38. The van der Waals surface area contributed by atoms with Crippen LogP contribution in [-0.2, 0) is 13.0 Å². The fourth-order valence-corrected chi connectivity index (χ4v) is 4.91. The van der Waals surface area contributed by atoms with Crippen LogP contribution in [0.5, 0.6) is 0 Å². The predicted octanol–water partition coefficient (Wildman–Crippen LogP) is 5.49. The Kier molecular flexibility index (Phi) is 4.49. The zero-order valence-corrected chi connectivity index (χ0v) is 17.6. The molecule has 156 valence electrons. The fourth-order valence-electron chi connectivity index (χ4n) is 4.91. The minimum absolute atomic E-state index is 0.0805. The Morgan fingerprint density at radius 2 is 2.00 bits per heavy atom. The zero-order valence-electron chi connectivity index (χ0n) is 17.6. The van der Waals surface area contributed by atoms with Crippen molar-refractivity contribution in [1.29, 1.82) is 0 Å². The first kappa shape index (κ1) is 19.3. The molecular weight excluding hydrogens is 379 g/mol. The molecule has 0 spiro atoms. The van der Waals surface area contributed by atoms with Crippen LogP contribution in [0.15, 0.2) is 52.9 Å². The molecule has 5 rings (SSSR count).